The largest absolute Gasteiger partial charge is 0.325 e. The molecule has 0 unspecified atom stereocenters. The zero-order valence-electron chi connectivity index (χ0n) is 12.3. The van der Waals surface area contributed by atoms with E-state index in [9.17, 15) is 9.59 Å². The van der Waals surface area contributed by atoms with Crippen molar-refractivity contribution in [3.63, 3.8) is 0 Å². The van der Waals surface area contributed by atoms with E-state index in [1.54, 1.807) is 17.4 Å². The van der Waals surface area contributed by atoms with E-state index in [2.05, 4.69) is 5.32 Å². The molecule has 1 aromatic carbocycles. The molecule has 1 atom stereocenters. The molecule has 1 N–H and O–H groups in total. The molecular weight excluding hydrogens is 332 g/mol. The molecule has 1 aliphatic heterocycles. The Morgan fingerprint density at radius 3 is 2.91 bits per heavy atom. The predicted octanol–water partition coefficient (Wildman–Crippen LogP) is 3.69. The SMILES string of the molecule is O=C1N[C@@]2(CCCc3sccc32)C(=O)N1Cc1ccccc1Cl. The lowest BCUT2D eigenvalue weighted by Crippen LogP contribution is -2.46. The molecule has 1 aromatic heterocycles. The van der Waals surface area contributed by atoms with Gasteiger partial charge < -0.3 is 5.32 Å². The molecule has 6 heteroatoms. The third-order valence-corrected chi connectivity index (χ3v) is 5.97. The van der Waals surface area contributed by atoms with Crippen LogP contribution < -0.4 is 5.32 Å². The van der Waals surface area contributed by atoms with Gasteiger partial charge in [0.25, 0.3) is 5.91 Å². The fourth-order valence-corrected chi connectivity index (χ4v) is 4.68. The summed E-state index contributed by atoms with van der Waals surface area (Å²) in [5.74, 6) is -0.165. The molecule has 4 nitrogen and oxygen atoms in total. The molecule has 2 aliphatic rings. The van der Waals surface area contributed by atoms with Gasteiger partial charge in [0.1, 0.15) is 5.54 Å². The van der Waals surface area contributed by atoms with Crippen LogP contribution >= 0.6 is 22.9 Å². The number of imide groups is 1. The molecule has 2 heterocycles. The average molecular weight is 347 g/mol. The van der Waals surface area contributed by atoms with Crippen LogP contribution in [0.25, 0.3) is 0 Å². The van der Waals surface area contributed by atoms with Crippen molar-refractivity contribution in [3.05, 3.63) is 56.7 Å². The van der Waals surface area contributed by atoms with Gasteiger partial charge in [-0.3, -0.25) is 9.69 Å². The van der Waals surface area contributed by atoms with Crippen LogP contribution in [0.3, 0.4) is 0 Å². The van der Waals surface area contributed by atoms with Gasteiger partial charge in [0, 0.05) is 15.5 Å². The van der Waals surface area contributed by atoms with Crippen LogP contribution in [0, 0.1) is 0 Å². The minimum Gasteiger partial charge on any atom is -0.319 e. The number of thiophene rings is 1. The maximum absolute atomic E-state index is 13.1. The van der Waals surface area contributed by atoms with E-state index < -0.39 is 5.54 Å². The molecule has 0 radical (unpaired) electrons. The number of amides is 3. The molecule has 1 spiro atoms. The summed E-state index contributed by atoms with van der Waals surface area (Å²) in [5.41, 5.74) is 0.858. The van der Waals surface area contributed by atoms with Gasteiger partial charge in [-0.15, -0.1) is 11.3 Å². The van der Waals surface area contributed by atoms with E-state index in [-0.39, 0.29) is 18.5 Å². The number of urea groups is 1. The number of hydrogen-bond donors (Lipinski definition) is 1. The van der Waals surface area contributed by atoms with Gasteiger partial charge in [-0.1, -0.05) is 29.8 Å². The highest BCUT2D eigenvalue weighted by molar-refractivity contribution is 7.10. The van der Waals surface area contributed by atoms with Crippen molar-refractivity contribution in [1.29, 1.82) is 0 Å². The zero-order valence-corrected chi connectivity index (χ0v) is 13.9. The lowest BCUT2D eigenvalue weighted by Gasteiger charge is -2.31. The summed E-state index contributed by atoms with van der Waals surface area (Å²) in [6.45, 7) is 0.200. The standard InChI is InChI=1S/C17H15ClN2O2S/c18-13-5-2-1-4-11(13)10-20-15(21)17(19-16(20)22)8-3-6-14-12(17)7-9-23-14/h1-2,4-5,7,9H,3,6,8,10H2,(H,19,22)/t17-/m1/s1. The van der Waals surface area contributed by atoms with E-state index in [0.717, 1.165) is 24.0 Å². The molecule has 4 rings (SSSR count). The van der Waals surface area contributed by atoms with Crippen LogP contribution in [0.15, 0.2) is 35.7 Å². The van der Waals surface area contributed by atoms with Crippen molar-refractivity contribution < 1.29 is 9.59 Å². The molecule has 1 fully saturated rings. The summed E-state index contributed by atoms with van der Waals surface area (Å²) in [6.07, 6.45) is 2.53. The number of halogens is 1. The molecule has 2 aromatic rings. The number of hydrogen-bond acceptors (Lipinski definition) is 3. The van der Waals surface area contributed by atoms with Gasteiger partial charge in [0.05, 0.1) is 6.54 Å². The van der Waals surface area contributed by atoms with E-state index in [1.165, 1.54) is 9.78 Å². The number of carbonyl (C=O) groups is 2. The van der Waals surface area contributed by atoms with Crippen molar-refractivity contribution >= 4 is 34.9 Å². The zero-order chi connectivity index (χ0) is 16.0. The van der Waals surface area contributed by atoms with Crippen molar-refractivity contribution in [2.45, 2.75) is 31.3 Å². The molecule has 0 saturated carbocycles. The number of fused-ring (bicyclic) bond motifs is 2. The first-order chi connectivity index (χ1) is 11.1. The Morgan fingerprint density at radius 1 is 1.26 bits per heavy atom. The summed E-state index contributed by atoms with van der Waals surface area (Å²) in [4.78, 5) is 28.0. The average Bonchev–Trinajstić information content (AvgIpc) is 3.10. The second-order valence-electron chi connectivity index (χ2n) is 5.93. The number of nitrogens with zero attached hydrogens (tertiary/aromatic N) is 1. The maximum Gasteiger partial charge on any atom is 0.325 e. The van der Waals surface area contributed by atoms with Crippen molar-refractivity contribution in [3.8, 4) is 0 Å². The Bertz CT molecular complexity index is 803. The highest BCUT2D eigenvalue weighted by Gasteiger charge is 2.54. The fourth-order valence-electron chi connectivity index (χ4n) is 3.48. The molecule has 3 amide bonds. The minimum atomic E-state index is -0.883. The minimum absolute atomic E-state index is 0.165. The third kappa shape index (κ3) is 2.18. The van der Waals surface area contributed by atoms with Gasteiger partial charge in [-0.25, -0.2) is 4.79 Å². The normalized spacial score (nSPS) is 23.3. The third-order valence-electron chi connectivity index (χ3n) is 4.62. The monoisotopic (exact) mass is 346 g/mol. The second kappa shape index (κ2) is 5.35. The summed E-state index contributed by atoms with van der Waals surface area (Å²) >= 11 is 7.82. The Kier molecular flexibility index (Phi) is 3.43. The summed E-state index contributed by atoms with van der Waals surface area (Å²) in [5, 5.41) is 5.51. The van der Waals surface area contributed by atoms with E-state index >= 15 is 0 Å². The lowest BCUT2D eigenvalue weighted by atomic mass is 9.80. The van der Waals surface area contributed by atoms with Gasteiger partial charge in [-0.05, 0) is 42.3 Å². The van der Waals surface area contributed by atoms with Crippen LogP contribution in [0.4, 0.5) is 4.79 Å². The summed E-state index contributed by atoms with van der Waals surface area (Å²) in [7, 11) is 0. The highest BCUT2D eigenvalue weighted by atomic mass is 35.5. The Labute approximate surface area is 143 Å². The number of nitrogens with one attached hydrogen (secondary N) is 1. The number of aryl methyl sites for hydroxylation is 1. The van der Waals surface area contributed by atoms with Crippen molar-refractivity contribution in [2.75, 3.05) is 0 Å². The first-order valence-corrected chi connectivity index (χ1v) is 8.82. The first-order valence-electron chi connectivity index (χ1n) is 7.56. The number of rotatable bonds is 2. The first kappa shape index (κ1) is 14.7. The van der Waals surface area contributed by atoms with Crippen LogP contribution in [0.2, 0.25) is 5.02 Å². The van der Waals surface area contributed by atoms with E-state index in [1.807, 2.05) is 29.6 Å². The van der Waals surface area contributed by atoms with Gasteiger partial charge in [0.2, 0.25) is 0 Å². The van der Waals surface area contributed by atoms with E-state index in [0.29, 0.717) is 11.4 Å². The number of carbonyl (C=O) groups excluding carboxylic acids is 2. The van der Waals surface area contributed by atoms with Gasteiger partial charge in [-0.2, -0.15) is 0 Å². The van der Waals surface area contributed by atoms with Crippen LogP contribution in [-0.4, -0.2) is 16.8 Å². The Hall–Kier alpha value is -1.85. The molecule has 0 bridgehead atoms. The molecule has 23 heavy (non-hydrogen) atoms. The molecule has 1 saturated heterocycles. The summed E-state index contributed by atoms with van der Waals surface area (Å²) in [6, 6.07) is 8.92. The van der Waals surface area contributed by atoms with Crippen LogP contribution in [0.5, 0.6) is 0 Å². The smallest absolute Gasteiger partial charge is 0.319 e. The Balaban J connectivity index is 1.70. The topological polar surface area (TPSA) is 49.4 Å². The van der Waals surface area contributed by atoms with Crippen LogP contribution in [-0.2, 0) is 23.3 Å². The van der Waals surface area contributed by atoms with E-state index in [4.69, 9.17) is 11.6 Å². The number of benzene rings is 1. The molecule has 118 valence electrons. The molecular formula is C17H15ClN2O2S. The van der Waals surface area contributed by atoms with Gasteiger partial charge in [0.15, 0.2) is 0 Å². The van der Waals surface area contributed by atoms with Gasteiger partial charge >= 0.3 is 6.03 Å². The van der Waals surface area contributed by atoms with Crippen molar-refractivity contribution in [2.24, 2.45) is 0 Å². The quantitative estimate of drug-likeness (QED) is 0.843. The van der Waals surface area contributed by atoms with Crippen molar-refractivity contribution in [1.82, 2.24) is 10.2 Å². The van der Waals surface area contributed by atoms with Crippen LogP contribution in [0.1, 0.15) is 28.8 Å². The molecule has 1 aliphatic carbocycles. The highest BCUT2D eigenvalue weighted by Crippen LogP contribution is 2.42. The Morgan fingerprint density at radius 2 is 2.09 bits per heavy atom. The summed E-state index contributed by atoms with van der Waals surface area (Å²) < 4.78 is 0. The fraction of sp³-hybridized carbons (Fsp3) is 0.294. The lowest BCUT2D eigenvalue weighted by molar-refractivity contribution is -0.132. The second-order valence-corrected chi connectivity index (χ2v) is 7.34. The predicted molar refractivity (Wildman–Crippen MR) is 89.5 cm³/mol. The maximum atomic E-state index is 13.1.